The van der Waals surface area contributed by atoms with Gasteiger partial charge in [-0.2, -0.15) is 0 Å². The molecule has 3 aromatic rings. The lowest BCUT2D eigenvalue weighted by Gasteiger charge is -2.35. The summed E-state index contributed by atoms with van der Waals surface area (Å²) in [5, 5.41) is 4.10. The van der Waals surface area contributed by atoms with E-state index < -0.39 is 5.60 Å². The van der Waals surface area contributed by atoms with E-state index in [2.05, 4.69) is 5.32 Å². The molecule has 1 N–H and O–H groups in total. The molecule has 1 unspecified atom stereocenters. The van der Waals surface area contributed by atoms with Gasteiger partial charge in [0, 0.05) is 22.0 Å². The number of furan rings is 1. The van der Waals surface area contributed by atoms with Crippen molar-refractivity contribution in [1.82, 2.24) is 5.32 Å². The predicted molar refractivity (Wildman–Crippen MR) is 112 cm³/mol. The molecule has 29 heavy (non-hydrogen) atoms. The molecular formula is C23H22ClNO4. The number of nitrogens with one attached hydrogen (secondary N) is 1. The van der Waals surface area contributed by atoms with Crippen LogP contribution in [0.15, 0.2) is 40.8 Å². The Kier molecular flexibility index (Phi) is 4.66. The molecule has 5 nitrogen and oxygen atoms in total. The maximum Gasteiger partial charge on any atom is 0.287 e. The standard InChI is InChI=1S/C23H22ClNO4/c1-12(2)25-22(27)21-13(3)19-17(28-21)9-10-18-20(19)16(26)11-23(4,29-18)14-5-7-15(24)8-6-14/h5-10,12H,11H2,1-4H3,(H,25,27). The van der Waals surface area contributed by atoms with Crippen molar-refractivity contribution in [1.29, 1.82) is 0 Å². The Morgan fingerprint density at radius 3 is 2.52 bits per heavy atom. The molecular weight excluding hydrogens is 390 g/mol. The topological polar surface area (TPSA) is 68.5 Å². The number of ketones is 1. The van der Waals surface area contributed by atoms with Gasteiger partial charge in [0.25, 0.3) is 5.91 Å². The molecule has 0 bridgehead atoms. The molecule has 1 atom stereocenters. The third kappa shape index (κ3) is 3.29. The highest BCUT2D eigenvalue weighted by Gasteiger charge is 2.40. The third-order valence-electron chi connectivity index (χ3n) is 5.25. The second-order valence-corrected chi connectivity index (χ2v) is 8.37. The molecule has 2 heterocycles. The summed E-state index contributed by atoms with van der Waals surface area (Å²) in [6.45, 7) is 7.45. The van der Waals surface area contributed by atoms with Crippen LogP contribution >= 0.6 is 11.6 Å². The second-order valence-electron chi connectivity index (χ2n) is 7.94. The minimum Gasteiger partial charge on any atom is -0.482 e. The molecule has 0 saturated carbocycles. The van der Waals surface area contributed by atoms with E-state index in [-0.39, 0.29) is 29.9 Å². The summed E-state index contributed by atoms with van der Waals surface area (Å²) < 4.78 is 12.1. The Balaban J connectivity index is 1.81. The molecule has 0 spiro atoms. The lowest BCUT2D eigenvalue weighted by Crippen LogP contribution is -2.36. The zero-order valence-electron chi connectivity index (χ0n) is 16.8. The highest BCUT2D eigenvalue weighted by atomic mass is 35.5. The van der Waals surface area contributed by atoms with Crippen molar-refractivity contribution in [3.05, 3.63) is 63.9 Å². The van der Waals surface area contributed by atoms with Crippen LogP contribution in [0.5, 0.6) is 5.75 Å². The van der Waals surface area contributed by atoms with E-state index in [1.807, 2.05) is 32.9 Å². The van der Waals surface area contributed by atoms with Gasteiger partial charge in [-0.1, -0.05) is 23.7 Å². The van der Waals surface area contributed by atoms with Crippen LogP contribution in [-0.2, 0) is 5.60 Å². The lowest BCUT2D eigenvalue weighted by molar-refractivity contribution is 0.0507. The number of hydrogen-bond donors (Lipinski definition) is 1. The average molecular weight is 412 g/mol. The first-order valence-electron chi connectivity index (χ1n) is 9.55. The van der Waals surface area contributed by atoms with Gasteiger partial charge in [0.05, 0.1) is 12.0 Å². The molecule has 1 aliphatic heterocycles. The summed E-state index contributed by atoms with van der Waals surface area (Å²) in [6.07, 6.45) is 0.179. The smallest absolute Gasteiger partial charge is 0.287 e. The van der Waals surface area contributed by atoms with Crippen LogP contribution in [0.25, 0.3) is 11.0 Å². The molecule has 1 aliphatic rings. The van der Waals surface area contributed by atoms with E-state index in [1.54, 1.807) is 31.2 Å². The number of carbonyl (C=O) groups is 2. The monoisotopic (exact) mass is 411 g/mol. The van der Waals surface area contributed by atoms with Gasteiger partial charge in [-0.25, -0.2) is 0 Å². The molecule has 0 saturated heterocycles. The van der Waals surface area contributed by atoms with Gasteiger partial charge in [0.2, 0.25) is 0 Å². The van der Waals surface area contributed by atoms with E-state index in [4.69, 9.17) is 20.8 Å². The Hall–Kier alpha value is -2.79. The van der Waals surface area contributed by atoms with Gasteiger partial charge in [0.15, 0.2) is 11.5 Å². The normalized spacial score (nSPS) is 18.6. The molecule has 2 aromatic carbocycles. The summed E-state index contributed by atoms with van der Waals surface area (Å²) >= 11 is 6.00. The van der Waals surface area contributed by atoms with Gasteiger partial charge in [-0.05, 0) is 57.5 Å². The van der Waals surface area contributed by atoms with E-state index in [1.165, 1.54) is 0 Å². The van der Waals surface area contributed by atoms with Crippen molar-refractivity contribution in [2.24, 2.45) is 0 Å². The number of benzene rings is 2. The molecule has 4 rings (SSSR count). The second kappa shape index (κ2) is 6.92. The van der Waals surface area contributed by atoms with E-state index in [0.29, 0.717) is 32.9 Å². The highest BCUT2D eigenvalue weighted by molar-refractivity contribution is 6.30. The largest absolute Gasteiger partial charge is 0.482 e. The Morgan fingerprint density at radius 2 is 1.86 bits per heavy atom. The van der Waals surface area contributed by atoms with Gasteiger partial charge in [-0.3, -0.25) is 9.59 Å². The van der Waals surface area contributed by atoms with Crippen molar-refractivity contribution >= 4 is 34.3 Å². The first-order valence-corrected chi connectivity index (χ1v) is 9.92. The van der Waals surface area contributed by atoms with E-state index in [9.17, 15) is 9.59 Å². The molecule has 1 aromatic heterocycles. The fourth-order valence-electron chi connectivity index (χ4n) is 3.87. The van der Waals surface area contributed by atoms with Crippen LogP contribution in [0.4, 0.5) is 0 Å². The summed E-state index contributed by atoms with van der Waals surface area (Å²) in [5.41, 5.74) is 1.70. The van der Waals surface area contributed by atoms with Crippen molar-refractivity contribution < 1.29 is 18.7 Å². The number of hydrogen-bond acceptors (Lipinski definition) is 4. The minimum absolute atomic E-state index is 0.0194. The van der Waals surface area contributed by atoms with Crippen LogP contribution in [-0.4, -0.2) is 17.7 Å². The van der Waals surface area contributed by atoms with Gasteiger partial charge in [-0.15, -0.1) is 0 Å². The van der Waals surface area contributed by atoms with Crippen LogP contribution in [0.1, 0.15) is 59.2 Å². The molecule has 150 valence electrons. The summed E-state index contributed by atoms with van der Waals surface area (Å²) in [6, 6.07) is 10.8. The number of carbonyl (C=O) groups excluding carboxylic acids is 2. The van der Waals surface area contributed by atoms with Gasteiger partial charge < -0.3 is 14.5 Å². The SMILES string of the molecule is Cc1c(C(=O)NC(C)C)oc2ccc3c(c12)C(=O)CC(C)(c1ccc(Cl)cc1)O3. The predicted octanol–water partition coefficient (Wildman–Crippen LogP) is 5.41. The summed E-state index contributed by atoms with van der Waals surface area (Å²) in [5.74, 6) is 0.374. The Bertz CT molecular complexity index is 1130. The maximum absolute atomic E-state index is 13.2. The average Bonchev–Trinajstić information content (AvgIpc) is 2.98. The molecule has 0 fully saturated rings. The quantitative estimate of drug-likeness (QED) is 0.625. The van der Waals surface area contributed by atoms with Crippen LogP contribution in [0.2, 0.25) is 5.02 Å². The van der Waals surface area contributed by atoms with Crippen molar-refractivity contribution in [2.75, 3.05) is 0 Å². The van der Waals surface area contributed by atoms with Crippen molar-refractivity contribution in [2.45, 2.75) is 45.8 Å². The Morgan fingerprint density at radius 1 is 1.17 bits per heavy atom. The summed E-state index contributed by atoms with van der Waals surface area (Å²) in [7, 11) is 0. The Labute approximate surface area is 174 Å². The van der Waals surface area contributed by atoms with Gasteiger partial charge in [0.1, 0.15) is 16.9 Å². The number of aryl methyl sites for hydroxylation is 1. The number of Topliss-reactive ketones (excluding diaryl/α,β-unsaturated/α-hetero) is 1. The van der Waals surface area contributed by atoms with Crippen LogP contribution in [0, 0.1) is 6.92 Å². The molecule has 0 aliphatic carbocycles. The highest BCUT2D eigenvalue weighted by Crippen LogP contribution is 2.44. The zero-order valence-corrected chi connectivity index (χ0v) is 17.5. The number of fused-ring (bicyclic) bond motifs is 3. The number of amides is 1. The van der Waals surface area contributed by atoms with E-state index >= 15 is 0 Å². The fraction of sp³-hybridized carbons (Fsp3) is 0.304. The van der Waals surface area contributed by atoms with Gasteiger partial charge >= 0.3 is 0 Å². The number of halogens is 1. The van der Waals surface area contributed by atoms with E-state index in [0.717, 1.165) is 5.56 Å². The lowest BCUT2D eigenvalue weighted by atomic mass is 9.84. The van der Waals surface area contributed by atoms with Crippen LogP contribution in [0.3, 0.4) is 0 Å². The first kappa shape index (κ1) is 19.5. The number of rotatable bonds is 3. The molecule has 1 amide bonds. The van der Waals surface area contributed by atoms with Crippen LogP contribution < -0.4 is 10.1 Å². The zero-order chi connectivity index (χ0) is 20.9. The maximum atomic E-state index is 13.2. The fourth-order valence-corrected chi connectivity index (χ4v) is 3.99. The minimum atomic E-state index is -0.794. The summed E-state index contributed by atoms with van der Waals surface area (Å²) in [4.78, 5) is 25.7. The molecule has 6 heteroatoms. The first-order chi connectivity index (χ1) is 13.7. The number of ether oxygens (including phenoxy) is 1. The van der Waals surface area contributed by atoms with Crippen molar-refractivity contribution in [3.63, 3.8) is 0 Å². The van der Waals surface area contributed by atoms with Crippen molar-refractivity contribution in [3.8, 4) is 5.75 Å². The third-order valence-corrected chi connectivity index (χ3v) is 5.50. The molecule has 0 radical (unpaired) electrons.